The molecule has 20 heavy (non-hydrogen) atoms. The first kappa shape index (κ1) is 15.7. The molecule has 0 unspecified atom stereocenters. The summed E-state index contributed by atoms with van der Waals surface area (Å²) in [4.78, 5) is 25.0. The SMILES string of the molecule is CC(=O)N(CC(=O)NC(C)(C)C)c1cccc(C#N)c1. The highest BCUT2D eigenvalue weighted by molar-refractivity contribution is 5.97. The molecular weight excluding hydrogens is 254 g/mol. The summed E-state index contributed by atoms with van der Waals surface area (Å²) < 4.78 is 0. The van der Waals surface area contributed by atoms with Crippen LogP contribution >= 0.6 is 0 Å². The molecule has 0 fully saturated rings. The molecule has 0 atom stereocenters. The van der Waals surface area contributed by atoms with E-state index in [0.717, 1.165) is 0 Å². The van der Waals surface area contributed by atoms with Crippen molar-refractivity contribution in [2.24, 2.45) is 0 Å². The van der Waals surface area contributed by atoms with Gasteiger partial charge in [0.15, 0.2) is 0 Å². The van der Waals surface area contributed by atoms with E-state index in [1.807, 2.05) is 26.8 Å². The Morgan fingerprint density at radius 1 is 1.35 bits per heavy atom. The standard InChI is InChI=1S/C15H19N3O2/c1-11(19)18(10-14(20)17-15(2,3)4)13-7-5-6-12(8-13)9-16/h5-8H,10H2,1-4H3,(H,17,20). The van der Waals surface area contributed by atoms with E-state index < -0.39 is 0 Å². The van der Waals surface area contributed by atoms with Crippen LogP contribution in [0.4, 0.5) is 5.69 Å². The Morgan fingerprint density at radius 2 is 2.00 bits per heavy atom. The molecule has 0 radical (unpaired) electrons. The normalized spacial score (nSPS) is 10.6. The molecule has 0 saturated carbocycles. The molecule has 1 N–H and O–H groups in total. The number of nitriles is 1. The summed E-state index contributed by atoms with van der Waals surface area (Å²) in [6.45, 7) is 6.95. The Kier molecular flexibility index (Phi) is 4.87. The third-order valence-corrected chi connectivity index (χ3v) is 2.48. The van der Waals surface area contributed by atoms with Crippen LogP contribution in [0.1, 0.15) is 33.3 Å². The van der Waals surface area contributed by atoms with Crippen molar-refractivity contribution in [3.8, 4) is 6.07 Å². The van der Waals surface area contributed by atoms with E-state index in [0.29, 0.717) is 11.3 Å². The molecule has 106 valence electrons. The summed E-state index contributed by atoms with van der Waals surface area (Å²) in [7, 11) is 0. The van der Waals surface area contributed by atoms with E-state index in [1.165, 1.54) is 11.8 Å². The van der Waals surface area contributed by atoms with E-state index in [9.17, 15) is 9.59 Å². The molecule has 0 aliphatic heterocycles. The van der Waals surface area contributed by atoms with Gasteiger partial charge < -0.3 is 10.2 Å². The van der Waals surface area contributed by atoms with E-state index in [1.54, 1.807) is 24.3 Å². The maximum Gasteiger partial charge on any atom is 0.240 e. The molecular formula is C15H19N3O2. The van der Waals surface area contributed by atoms with Crippen LogP contribution in [0.15, 0.2) is 24.3 Å². The number of hydrogen-bond acceptors (Lipinski definition) is 3. The number of anilines is 1. The van der Waals surface area contributed by atoms with Gasteiger partial charge >= 0.3 is 0 Å². The minimum absolute atomic E-state index is 0.0680. The number of nitrogens with zero attached hydrogens (tertiary/aromatic N) is 2. The third-order valence-electron chi connectivity index (χ3n) is 2.48. The van der Waals surface area contributed by atoms with Gasteiger partial charge in [-0.05, 0) is 39.0 Å². The summed E-state index contributed by atoms with van der Waals surface area (Å²) in [5, 5.41) is 11.7. The van der Waals surface area contributed by atoms with Crippen LogP contribution in [-0.2, 0) is 9.59 Å². The van der Waals surface area contributed by atoms with Crippen molar-refractivity contribution in [2.75, 3.05) is 11.4 Å². The summed E-state index contributed by atoms with van der Waals surface area (Å²) in [5.41, 5.74) is 0.638. The molecule has 0 aliphatic rings. The van der Waals surface area contributed by atoms with Crippen LogP contribution in [0, 0.1) is 11.3 Å². The Labute approximate surface area is 119 Å². The molecule has 0 spiro atoms. The highest BCUT2D eigenvalue weighted by atomic mass is 16.2. The Balaban J connectivity index is 2.93. The molecule has 2 amide bonds. The lowest BCUT2D eigenvalue weighted by Crippen LogP contribution is -2.47. The van der Waals surface area contributed by atoms with Gasteiger partial charge in [-0.3, -0.25) is 9.59 Å². The lowest BCUT2D eigenvalue weighted by atomic mass is 10.1. The van der Waals surface area contributed by atoms with E-state index in [-0.39, 0.29) is 23.9 Å². The van der Waals surface area contributed by atoms with Crippen LogP contribution in [-0.4, -0.2) is 23.9 Å². The van der Waals surface area contributed by atoms with Gasteiger partial charge in [-0.15, -0.1) is 0 Å². The zero-order valence-corrected chi connectivity index (χ0v) is 12.2. The molecule has 0 heterocycles. The molecule has 0 aromatic heterocycles. The minimum atomic E-state index is -0.353. The van der Waals surface area contributed by atoms with Gasteiger partial charge in [0, 0.05) is 18.2 Å². The second-order valence-corrected chi connectivity index (χ2v) is 5.57. The van der Waals surface area contributed by atoms with Crippen LogP contribution in [0.3, 0.4) is 0 Å². The summed E-state index contributed by atoms with van der Waals surface area (Å²) in [5.74, 6) is -0.487. The maximum atomic E-state index is 11.9. The highest BCUT2D eigenvalue weighted by Gasteiger charge is 2.19. The van der Waals surface area contributed by atoms with Gasteiger partial charge in [-0.25, -0.2) is 0 Å². The second kappa shape index (κ2) is 6.20. The van der Waals surface area contributed by atoms with Gasteiger partial charge in [-0.1, -0.05) is 6.07 Å². The van der Waals surface area contributed by atoms with Crippen LogP contribution < -0.4 is 10.2 Å². The zero-order valence-electron chi connectivity index (χ0n) is 12.2. The maximum absolute atomic E-state index is 11.9. The number of benzene rings is 1. The molecule has 1 aromatic carbocycles. The predicted molar refractivity (Wildman–Crippen MR) is 77.1 cm³/mol. The number of carbonyl (C=O) groups excluding carboxylic acids is 2. The van der Waals surface area contributed by atoms with Gasteiger partial charge in [0.05, 0.1) is 11.6 Å². The predicted octanol–water partition coefficient (Wildman–Crippen LogP) is 1.83. The largest absolute Gasteiger partial charge is 0.350 e. The first-order valence-electron chi connectivity index (χ1n) is 6.32. The fraction of sp³-hybridized carbons (Fsp3) is 0.400. The Bertz CT molecular complexity index is 553. The van der Waals surface area contributed by atoms with Crippen molar-refractivity contribution in [2.45, 2.75) is 33.2 Å². The second-order valence-electron chi connectivity index (χ2n) is 5.57. The Morgan fingerprint density at radius 3 is 2.50 bits per heavy atom. The average Bonchev–Trinajstić information content (AvgIpc) is 2.33. The first-order chi connectivity index (χ1) is 9.23. The van der Waals surface area contributed by atoms with Gasteiger partial charge in [0.25, 0.3) is 0 Å². The van der Waals surface area contributed by atoms with Crippen molar-refractivity contribution >= 4 is 17.5 Å². The fourth-order valence-corrected chi connectivity index (χ4v) is 1.73. The van der Waals surface area contributed by atoms with Crippen molar-refractivity contribution in [3.63, 3.8) is 0 Å². The van der Waals surface area contributed by atoms with Crippen molar-refractivity contribution in [1.82, 2.24) is 5.32 Å². The molecule has 1 aromatic rings. The quantitative estimate of drug-likeness (QED) is 0.913. The lowest BCUT2D eigenvalue weighted by molar-refractivity contribution is -0.124. The number of rotatable bonds is 3. The minimum Gasteiger partial charge on any atom is -0.350 e. The summed E-state index contributed by atoms with van der Waals surface area (Å²) in [6, 6.07) is 8.64. The lowest BCUT2D eigenvalue weighted by Gasteiger charge is -2.25. The first-order valence-corrected chi connectivity index (χ1v) is 6.32. The number of hydrogen-bond donors (Lipinski definition) is 1. The van der Waals surface area contributed by atoms with Gasteiger partial charge in [0.1, 0.15) is 6.54 Å². The molecule has 0 bridgehead atoms. The monoisotopic (exact) mass is 273 g/mol. The Hall–Kier alpha value is -2.35. The molecule has 5 nitrogen and oxygen atoms in total. The van der Waals surface area contributed by atoms with Gasteiger partial charge in [-0.2, -0.15) is 5.26 Å². The van der Waals surface area contributed by atoms with Crippen LogP contribution in [0.2, 0.25) is 0 Å². The summed E-state index contributed by atoms with van der Waals surface area (Å²) >= 11 is 0. The van der Waals surface area contributed by atoms with Crippen LogP contribution in [0.25, 0.3) is 0 Å². The molecule has 0 saturated heterocycles. The fourth-order valence-electron chi connectivity index (χ4n) is 1.73. The number of amides is 2. The number of carbonyl (C=O) groups is 2. The smallest absolute Gasteiger partial charge is 0.240 e. The van der Waals surface area contributed by atoms with Gasteiger partial charge in [0.2, 0.25) is 11.8 Å². The molecule has 1 rings (SSSR count). The molecule has 0 aliphatic carbocycles. The van der Waals surface area contributed by atoms with E-state index >= 15 is 0 Å². The summed E-state index contributed by atoms with van der Waals surface area (Å²) in [6.07, 6.45) is 0. The van der Waals surface area contributed by atoms with Crippen molar-refractivity contribution in [1.29, 1.82) is 5.26 Å². The number of nitrogens with one attached hydrogen (secondary N) is 1. The zero-order chi connectivity index (χ0) is 15.3. The van der Waals surface area contributed by atoms with E-state index in [4.69, 9.17) is 5.26 Å². The van der Waals surface area contributed by atoms with Crippen LogP contribution in [0.5, 0.6) is 0 Å². The van der Waals surface area contributed by atoms with Crippen molar-refractivity contribution < 1.29 is 9.59 Å². The molecule has 5 heteroatoms. The topological polar surface area (TPSA) is 73.2 Å². The third kappa shape index (κ3) is 4.73. The van der Waals surface area contributed by atoms with E-state index in [2.05, 4.69) is 5.32 Å². The van der Waals surface area contributed by atoms with Crippen molar-refractivity contribution in [3.05, 3.63) is 29.8 Å². The average molecular weight is 273 g/mol. The highest BCUT2D eigenvalue weighted by Crippen LogP contribution is 2.16.